The molecule has 0 amide bonds. The van der Waals surface area contributed by atoms with Crippen molar-refractivity contribution in [3.63, 3.8) is 0 Å². The number of nitrogens with zero attached hydrogens (tertiary/aromatic N) is 2. The Morgan fingerprint density at radius 2 is 1.88 bits per heavy atom. The summed E-state index contributed by atoms with van der Waals surface area (Å²) in [5, 5.41) is 0.918. The molecule has 2 aromatic rings. The zero-order valence-corrected chi connectivity index (χ0v) is 10.1. The van der Waals surface area contributed by atoms with Crippen LogP contribution >= 0.6 is 11.8 Å². The monoisotopic (exact) mass is 231 g/mol. The number of anilines is 1. The van der Waals surface area contributed by atoms with Crippen molar-refractivity contribution >= 4 is 17.7 Å². The maximum absolute atomic E-state index is 5.58. The van der Waals surface area contributed by atoms with Gasteiger partial charge in [0.1, 0.15) is 5.03 Å². The molecule has 1 heterocycles. The van der Waals surface area contributed by atoms with Crippen molar-refractivity contribution in [3.05, 3.63) is 41.6 Å². The van der Waals surface area contributed by atoms with Crippen LogP contribution in [0.3, 0.4) is 0 Å². The van der Waals surface area contributed by atoms with Crippen LogP contribution in [0.5, 0.6) is 0 Å². The lowest BCUT2D eigenvalue weighted by atomic mass is 10.2. The summed E-state index contributed by atoms with van der Waals surface area (Å²) in [6.45, 7) is 4.07. The molecule has 0 unspecified atom stereocenters. The Morgan fingerprint density at radius 1 is 1.12 bits per heavy atom. The highest BCUT2D eigenvalue weighted by atomic mass is 32.2. The summed E-state index contributed by atoms with van der Waals surface area (Å²) >= 11 is 1.62. The second-order valence-electron chi connectivity index (χ2n) is 3.58. The van der Waals surface area contributed by atoms with Gasteiger partial charge in [-0.15, -0.1) is 0 Å². The standard InChI is InChI=1S/C12H13N3S/c1-8-5-3-4-6-10(8)16-11-9(2)7-14-12(13)15-11/h3-7H,1-2H3,(H2,13,14,15). The number of aryl methyl sites for hydroxylation is 2. The molecule has 0 aliphatic carbocycles. The first kappa shape index (κ1) is 11.0. The topological polar surface area (TPSA) is 51.8 Å². The quantitative estimate of drug-likeness (QED) is 0.807. The van der Waals surface area contributed by atoms with E-state index in [0.717, 1.165) is 10.6 Å². The normalized spacial score (nSPS) is 10.4. The molecule has 0 aliphatic heterocycles. The molecule has 0 bridgehead atoms. The Morgan fingerprint density at radius 3 is 2.62 bits per heavy atom. The van der Waals surface area contributed by atoms with Gasteiger partial charge >= 0.3 is 0 Å². The van der Waals surface area contributed by atoms with Gasteiger partial charge in [0.25, 0.3) is 0 Å². The molecule has 0 radical (unpaired) electrons. The SMILES string of the molecule is Cc1ccccc1Sc1nc(N)ncc1C. The number of nitrogen functional groups attached to an aromatic ring is 1. The second kappa shape index (κ2) is 4.53. The van der Waals surface area contributed by atoms with Crippen molar-refractivity contribution < 1.29 is 0 Å². The van der Waals surface area contributed by atoms with Crippen molar-refractivity contribution in [2.75, 3.05) is 5.73 Å². The van der Waals surface area contributed by atoms with Gasteiger partial charge in [0.2, 0.25) is 5.95 Å². The zero-order valence-electron chi connectivity index (χ0n) is 9.27. The number of hydrogen-bond donors (Lipinski definition) is 1. The van der Waals surface area contributed by atoms with E-state index in [-0.39, 0.29) is 0 Å². The molecule has 1 aromatic carbocycles. The average Bonchev–Trinajstić information content (AvgIpc) is 2.27. The predicted molar refractivity (Wildman–Crippen MR) is 66.5 cm³/mol. The minimum atomic E-state index is 0.321. The highest BCUT2D eigenvalue weighted by molar-refractivity contribution is 7.99. The molecule has 1 aromatic heterocycles. The van der Waals surface area contributed by atoms with E-state index in [1.54, 1.807) is 18.0 Å². The molecule has 4 heteroatoms. The van der Waals surface area contributed by atoms with E-state index in [0.29, 0.717) is 5.95 Å². The summed E-state index contributed by atoms with van der Waals surface area (Å²) < 4.78 is 0. The van der Waals surface area contributed by atoms with Crippen LogP contribution in [0.2, 0.25) is 0 Å². The summed E-state index contributed by atoms with van der Waals surface area (Å²) in [6, 6.07) is 8.22. The van der Waals surface area contributed by atoms with Crippen molar-refractivity contribution in [1.29, 1.82) is 0 Å². The predicted octanol–water partition coefficient (Wildman–Crippen LogP) is 2.83. The van der Waals surface area contributed by atoms with Crippen molar-refractivity contribution in [2.24, 2.45) is 0 Å². The molecule has 3 nitrogen and oxygen atoms in total. The van der Waals surface area contributed by atoms with Crippen LogP contribution in [0.1, 0.15) is 11.1 Å². The fourth-order valence-electron chi connectivity index (χ4n) is 1.32. The first-order chi connectivity index (χ1) is 7.66. The molecule has 82 valence electrons. The number of aromatic nitrogens is 2. The Bertz CT molecular complexity index is 511. The highest BCUT2D eigenvalue weighted by Crippen LogP contribution is 2.30. The molecular weight excluding hydrogens is 218 g/mol. The van der Waals surface area contributed by atoms with E-state index in [1.807, 2.05) is 19.1 Å². The molecule has 0 spiro atoms. The number of rotatable bonds is 2. The van der Waals surface area contributed by atoms with Gasteiger partial charge < -0.3 is 5.73 Å². The lowest BCUT2D eigenvalue weighted by molar-refractivity contribution is 1.02. The lowest BCUT2D eigenvalue weighted by Crippen LogP contribution is -1.97. The van der Waals surface area contributed by atoms with E-state index in [9.17, 15) is 0 Å². The van der Waals surface area contributed by atoms with Crippen LogP contribution in [-0.2, 0) is 0 Å². The number of hydrogen-bond acceptors (Lipinski definition) is 4. The molecule has 2 N–H and O–H groups in total. The van der Waals surface area contributed by atoms with Gasteiger partial charge in [-0.25, -0.2) is 9.97 Å². The number of nitrogens with two attached hydrogens (primary N) is 1. The van der Waals surface area contributed by atoms with Crippen LogP contribution in [0.4, 0.5) is 5.95 Å². The van der Waals surface area contributed by atoms with Crippen molar-refractivity contribution in [1.82, 2.24) is 9.97 Å². The van der Waals surface area contributed by atoms with E-state index in [1.165, 1.54) is 10.5 Å². The zero-order chi connectivity index (χ0) is 11.5. The lowest BCUT2D eigenvalue weighted by Gasteiger charge is -2.06. The van der Waals surface area contributed by atoms with Gasteiger partial charge in [-0.1, -0.05) is 30.0 Å². The Kier molecular flexibility index (Phi) is 3.10. The fourth-order valence-corrected chi connectivity index (χ4v) is 2.25. The van der Waals surface area contributed by atoms with Crippen LogP contribution < -0.4 is 5.73 Å². The second-order valence-corrected chi connectivity index (χ2v) is 4.61. The van der Waals surface area contributed by atoms with Crippen LogP contribution in [0.15, 0.2) is 40.4 Å². The summed E-state index contributed by atoms with van der Waals surface area (Å²) in [5.41, 5.74) is 7.87. The molecule has 2 rings (SSSR count). The van der Waals surface area contributed by atoms with Crippen LogP contribution in [0.25, 0.3) is 0 Å². The maximum atomic E-state index is 5.58. The van der Waals surface area contributed by atoms with Gasteiger partial charge in [0, 0.05) is 16.7 Å². The van der Waals surface area contributed by atoms with Gasteiger partial charge in [-0.3, -0.25) is 0 Å². The summed E-state index contributed by atoms with van der Waals surface area (Å²) in [4.78, 5) is 9.39. The first-order valence-electron chi connectivity index (χ1n) is 4.99. The summed E-state index contributed by atoms with van der Waals surface area (Å²) in [6.07, 6.45) is 1.75. The third kappa shape index (κ3) is 2.33. The van der Waals surface area contributed by atoms with E-state index >= 15 is 0 Å². The van der Waals surface area contributed by atoms with E-state index in [4.69, 9.17) is 5.73 Å². The number of benzene rings is 1. The Balaban J connectivity index is 2.34. The van der Waals surface area contributed by atoms with Gasteiger partial charge in [-0.05, 0) is 25.5 Å². The highest BCUT2D eigenvalue weighted by Gasteiger charge is 2.05. The van der Waals surface area contributed by atoms with E-state index < -0.39 is 0 Å². The molecule has 0 saturated heterocycles. The van der Waals surface area contributed by atoms with E-state index in [2.05, 4.69) is 29.0 Å². The van der Waals surface area contributed by atoms with Gasteiger partial charge in [-0.2, -0.15) is 0 Å². The maximum Gasteiger partial charge on any atom is 0.221 e. The Hall–Kier alpha value is -1.55. The largest absolute Gasteiger partial charge is 0.368 e. The third-order valence-electron chi connectivity index (χ3n) is 2.24. The molecule has 0 fully saturated rings. The summed E-state index contributed by atoms with van der Waals surface area (Å²) in [5.74, 6) is 0.321. The van der Waals surface area contributed by atoms with Gasteiger partial charge in [0.05, 0.1) is 0 Å². The molecule has 0 aliphatic rings. The molecule has 0 atom stereocenters. The van der Waals surface area contributed by atoms with Crippen LogP contribution in [-0.4, -0.2) is 9.97 Å². The minimum absolute atomic E-state index is 0.321. The minimum Gasteiger partial charge on any atom is -0.368 e. The third-order valence-corrected chi connectivity index (χ3v) is 3.53. The van der Waals surface area contributed by atoms with Gasteiger partial charge in [0.15, 0.2) is 0 Å². The first-order valence-corrected chi connectivity index (χ1v) is 5.81. The fraction of sp³-hybridized carbons (Fsp3) is 0.167. The van der Waals surface area contributed by atoms with Crippen LogP contribution in [0, 0.1) is 13.8 Å². The Labute approximate surface area is 99.1 Å². The molecular formula is C12H13N3S. The smallest absolute Gasteiger partial charge is 0.221 e. The summed E-state index contributed by atoms with van der Waals surface area (Å²) in [7, 11) is 0. The molecule has 0 saturated carbocycles. The van der Waals surface area contributed by atoms with Crippen molar-refractivity contribution in [3.8, 4) is 0 Å². The molecule has 16 heavy (non-hydrogen) atoms. The van der Waals surface area contributed by atoms with Crippen molar-refractivity contribution in [2.45, 2.75) is 23.8 Å². The average molecular weight is 231 g/mol.